The average molecular weight is 522 g/mol. The minimum Gasteiger partial charge on any atom is -0.497 e. The molecule has 39 heavy (non-hydrogen) atoms. The van der Waals surface area contributed by atoms with Crippen LogP contribution < -0.4 is 15.2 Å². The highest BCUT2D eigenvalue weighted by molar-refractivity contribution is 6.16. The number of carbonyl (C=O) groups excluding carboxylic acids is 1. The van der Waals surface area contributed by atoms with Crippen LogP contribution in [0.3, 0.4) is 0 Å². The summed E-state index contributed by atoms with van der Waals surface area (Å²) in [4.78, 5) is 32.2. The zero-order chi connectivity index (χ0) is 27.3. The molecule has 6 rings (SSSR count). The molecule has 0 aliphatic carbocycles. The number of fused-ring (bicyclic) bond motifs is 3. The molecule has 0 unspecified atom stereocenters. The van der Waals surface area contributed by atoms with Crippen molar-refractivity contribution < 1.29 is 9.53 Å². The Bertz CT molecular complexity index is 1750. The fourth-order valence-electron chi connectivity index (χ4n) is 5.64. The first kappa shape index (κ1) is 24.7. The Balaban J connectivity index is 1.46. The van der Waals surface area contributed by atoms with Gasteiger partial charge in [0.15, 0.2) is 5.69 Å². The quantitative estimate of drug-likeness (QED) is 0.347. The number of aromatic nitrogens is 3. The van der Waals surface area contributed by atoms with Crippen LogP contribution in [0.25, 0.3) is 27.5 Å². The van der Waals surface area contributed by atoms with Crippen LogP contribution in [-0.4, -0.2) is 57.9 Å². The number of amides is 1. The molecule has 5 aromatic rings. The minimum atomic E-state index is -0.275. The first-order valence-electron chi connectivity index (χ1n) is 13.1. The molecule has 0 radical (unpaired) electrons. The van der Waals surface area contributed by atoms with E-state index in [1.165, 1.54) is 10.2 Å². The van der Waals surface area contributed by atoms with Crippen molar-refractivity contribution in [1.29, 1.82) is 0 Å². The van der Waals surface area contributed by atoms with Gasteiger partial charge in [0.05, 0.1) is 12.8 Å². The van der Waals surface area contributed by atoms with Crippen LogP contribution in [0.1, 0.15) is 23.0 Å². The normalized spacial score (nSPS) is 15.7. The molecule has 1 atom stereocenters. The van der Waals surface area contributed by atoms with E-state index in [1.807, 2.05) is 40.8 Å². The van der Waals surface area contributed by atoms with E-state index in [4.69, 9.17) is 9.84 Å². The maximum atomic E-state index is 14.2. The molecule has 0 N–H and O–H groups in total. The first-order chi connectivity index (χ1) is 18.9. The van der Waals surface area contributed by atoms with Crippen molar-refractivity contribution in [2.45, 2.75) is 19.9 Å². The van der Waals surface area contributed by atoms with E-state index < -0.39 is 0 Å². The Hall–Kier alpha value is -4.59. The van der Waals surface area contributed by atoms with Crippen LogP contribution in [0.2, 0.25) is 0 Å². The summed E-state index contributed by atoms with van der Waals surface area (Å²) in [5.41, 5.74) is 4.29. The molecule has 0 spiro atoms. The van der Waals surface area contributed by atoms with Crippen LogP contribution in [0.5, 0.6) is 5.75 Å². The Morgan fingerprint density at radius 3 is 2.33 bits per heavy atom. The van der Waals surface area contributed by atoms with Crippen molar-refractivity contribution in [3.8, 4) is 11.4 Å². The standard InChI is InChI=1S/C31H31N5O3/c1-20-9-11-22(12-10-20)35-18-17-34(19-21(35)2)30(37)28-27-25-7-5-6-8-26(25)33(3)29(27)31(38)36(32-28)23-13-15-24(39-4)16-14-23/h5-16,21H,17-19H2,1-4H3/t21-/m1/s1. The van der Waals surface area contributed by atoms with Crippen molar-refractivity contribution in [3.63, 3.8) is 0 Å². The van der Waals surface area contributed by atoms with Crippen LogP contribution in [0.4, 0.5) is 5.69 Å². The number of anilines is 1. The molecule has 1 amide bonds. The van der Waals surface area contributed by atoms with Crippen molar-refractivity contribution in [1.82, 2.24) is 19.2 Å². The fourth-order valence-corrected chi connectivity index (χ4v) is 5.64. The Kier molecular flexibility index (Phi) is 6.10. The van der Waals surface area contributed by atoms with Crippen LogP contribution in [0, 0.1) is 6.92 Å². The number of benzene rings is 3. The van der Waals surface area contributed by atoms with Gasteiger partial charge >= 0.3 is 0 Å². The van der Waals surface area contributed by atoms with Crippen molar-refractivity contribution in [3.05, 3.63) is 94.4 Å². The van der Waals surface area contributed by atoms with Gasteiger partial charge in [0, 0.05) is 54.7 Å². The molecular weight excluding hydrogens is 490 g/mol. The lowest BCUT2D eigenvalue weighted by Crippen LogP contribution is -2.54. The zero-order valence-electron chi connectivity index (χ0n) is 22.6. The highest BCUT2D eigenvalue weighted by Gasteiger charge is 2.31. The summed E-state index contributed by atoms with van der Waals surface area (Å²) < 4.78 is 8.48. The second-order valence-corrected chi connectivity index (χ2v) is 10.2. The van der Waals surface area contributed by atoms with Crippen molar-refractivity contribution >= 4 is 33.4 Å². The molecule has 1 aliphatic heterocycles. The van der Waals surface area contributed by atoms with E-state index >= 15 is 0 Å². The number of nitrogens with zero attached hydrogens (tertiary/aromatic N) is 5. The number of carbonyl (C=O) groups is 1. The van der Waals surface area contributed by atoms with Gasteiger partial charge in [-0.05, 0) is 56.3 Å². The van der Waals surface area contributed by atoms with E-state index in [1.54, 1.807) is 31.4 Å². The lowest BCUT2D eigenvalue weighted by Gasteiger charge is -2.41. The number of aryl methyl sites for hydroxylation is 2. The fraction of sp³-hybridized carbons (Fsp3) is 0.258. The van der Waals surface area contributed by atoms with Gasteiger partial charge in [0.25, 0.3) is 11.5 Å². The number of piperazine rings is 1. The summed E-state index contributed by atoms with van der Waals surface area (Å²) >= 11 is 0. The van der Waals surface area contributed by atoms with Gasteiger partial charge < -0.3 is 19.1 Å². The molecular formula is C31H31N5O3. The summed E-state index contributed by atoms with van der Waals surface area (Å²) in [6.07, 6.45) is 0. The first-order valence-corrected chi connectivity index (χ1v) is 13.1. The van der Waals surface area contributed by atoms with E-state index in [2.05, 4.69) is 43.0 Å². The summed E-state index contributed by atoms with van der Waals surface area (Å²) in [5.74, 6) is 0.503. The monoisotopic (exact) mass is 521 g/mol. The van der Waals surface area contributed by atoms with Gasteiger partial charge in [-0.3, -0.25) is 9.59 Å². The summed E-state index contributed by atoms with van der Waals surface area (Å²) in [6.45, 7) is 6.05. The smallest absolute Gasteiger partial charge is 0.296 e. The van der Waals surface area contributed by atoms with E-state index in [0.29, 0.717) is 42.0 Å². The Labute approximate surface area is 226 Å². The van der Waals surface area contributed by atoms with Gasteiger partial charge in [-0.2, -0.15) is 9.78 Å². The van der Waals surface area contributed by atoms with E-state index in [0.717, 1.165) is 16.6 Å². The average Bonchev–Trinajstić information content (AvgIpc) is 3.26. The molecule has 8 heteroatoms. The molecule has 3 aromatic carbocycles. The second kappa shape index (κ2) is 9.62. The highest BCUT2D eigenvalue weighted by Crippen LogP contribution is 2.30. The van der Waals surface area contributed by atoms with Gasteiger partial charge in [-0.15, -0.1) is 0 Å². The lowest BCUT2D eigenvalue weighted by atomic mass is 10.1. The Morgan fingerprint density at radius 1 is 0.949 bits per heavy atom. The van der Waals surface area contributed by atoms with Gasteiger partial charge in [-0.25, -0.2) is 0 Å². The predicted molar refractivity (Wildman–Crippen MR) is 154 cm³/mol. The summed E-state index contributed by atoms with van der Waals surface area (Å²) in [6, 6.07) is 23.5. The molecule has 1 fully saturated rings. The molecule has 0 saturated carbocycles. The zero-order valence-corrected chi connectivity index (χ0v) is 22.6. The molecule has 1 saturated heterocycles. The molecule has 3 heterocycles. The van der Waals surface area contributed by atoms with Crippen LogP contribution in [0.15, 0.2) is 77.6 Å². The number of ether oxygens (including phenoxy) is 1. The van der Waals surface area contributed by atoms with E-state index in [9.17, 15) is 9.59 Å². The third kappa shape index (κ3) is 4.12. The number of methoxy groups -OCH3 is 1. The SMILES string of the molecule is COc1ccc(-n2nc(C(=O)N3CCN(c4ccc(C)cc4)[C@H](C)C3)c3c4ccccc4n(C)c3c2=O)cc1. The highest BCUT2D eigenvalue weighted by atomic mass is 16.5. The topological polar surface area (TPSA) is 72.6 Å². The molecule has 0 bridgehead atoms. The Morgan fingerprint density at radius 2 is 1.64 bits per heavy atom. The molecule has 198 valence electrons. The third-order valence-corrected chi connectivity index (χ3v) is 7.74. The minimum absolute atomic E-state index is 0.126. The predicted octanol–water partition coefficient (Wildman–Crippen LogP) is 4.55. The summed E-state index contributed by atoms with van der Waals surface area (Å²) in [7, 11) is 3.46. The lowest BCUT2D eigenvalue weighted by molar-refractivity contribution is 0.0721. The molecule has 1 aliphatic rings. The van der Waals surface area contributed by atoms with Gasteiger partial charge in [0.2, 0.25) is 0 Å². The van der Waals surface area contributed by atoms with Crippen molar-refractivity contribution in [2.24, 2.45) is 7.05 Å². The van der Waals surface area contributed by atoms with Gasteiger partial charge in [0.1, 0.15) is 11.3 Å². The van der Waals surface area contributed by atoms with Gasteiger partial charge in [-0.1, -0.05) is 35.9 Å². The number of hydrogen-bond acceptors (Lipinski definition) is 5. The maximum Gasteiger partial charge on any atom is 0.296 e. The number of para-hydroxylation sites is 1. The third-order valence-electron chi connectivity index (χ3n) is 7.74. The number of hydrogen-bond donors (Lipinski definition) is 0. The largest absolute Gasteiger partial charge is 0.497 e. The van der Waals surface area contributed by atoms with Crippen LogP contribution in [-0.2, 0) is 7.05 Å². The van der Waals surface area contributed by atoms with Crippen molar-refractivity contribution in [2.75, 3.05) is 31.6 Å². The number of rotatable bonds is 4. The van der Waals surface area contributed by atoms with Crippen LogP contribution >= 0.6 is 0 Å². The molecule has 2 aromatic heterocycles. The molecule has 8 nitrogen and oxygen atoms in total. The second-order valence-electron chi connectivity index (χ2n) is 10.2. The summed E-state index contributed by atoms with van der Waals surface area (Å²) in [5, 5.41) is 6.16. The van der Waals surface area contributed by atoms with E-state index in [-0.39, 0.29) is 23.2 Å². The maximum absolute atomic E-state index is 14.2.